The summed E-state index contributed by atoms with van der Waals surface area (Å²) in [5.41, 5.74) is -0.987. The highest BCUT2D eigenvalue weighted by Crippen LogP contribution is 2.39. The molecule has 0 aromatic carbocycles. The van der Waals surface area contributed by atoms with Crippen molar-refractivity contribution >= 4 is 9.84 Å². The van der Waals surface area contributed by atoms with E-state index in [1.54, 1.807) is 20.8 Å². The van der Waals surface area contributed by atoms with Crippen LogP contribution in [-0.2, 0) is 14.6 Å². The van der Waals surface area contributed by atoms with Crippen molar-refractivity contribution < 1.29 is 13.2 Å². The van der Waals surface area contributed by atoms with E-state index < -0.39 is 20.9 Å². The largest absolute Gasteiger partial charge is 0.350 e. The summed E-state index contributed by atoms with van der Waals surface area (Å²) in [7, 11) is -2.95. The quantitative estimate of drug-likeness (QED) is 0.560. The van der Waals surface area contributed by atoms with Crippen LogP contribution in [0.1, 0.15) is 20.8 Å². The van der Waals surface area contributed by atoms with Gasteiger partial charge in [0.1, 0.15) is 5.60 Å². The molecule has 0 N–H and O–H groups in total. The fraction of sp³-hybridized carbons (Fsp3) is 1.00. The Morgan fingerprint density at radius 1 is 1.50 bits per heavy atom. The number of hydrogen-bond acceptors (Lipinski definition) is 3. The number of rotatable bonds is 2. The van der Waals surface area contributed by atoms with Gasteiger partial charge in [-0.1, -0.05) is 6.92 Å². The molecule has 0 radical (unpaired) electrons. The first-order valence-electron chi connectivity index (χ1n) is 3.29. The number of hydrogen-bond donors (Lipinski definition) is 0. The summed E-state index contributed by atoms with van der Waals surface area (Å²) in [4.78, 5) is 0. The summed E-state index contributed by atoms with van der Waals surface area (Å²) in [6.45, 7) is 5.20. The summed E-state index contributed by atoms with van der Waals surface area (Å²) >= 11 is 0. The van der Waals surface area contributed by atoms with Gasteiger partial charge in [0.25, 0.3) is 0 Å². The van der Waals surface area contributed by atoms with Gasteiger partial charge in [-0.3, -0.25) is 0 Å². The van der Waals surface area contributed by atoms with Gasteiger partial charge >= 0.3 is 0 Å². The summed E-state index contributed by atoms with van der Waals surface area (Å²) in [6, 6.07) is 0. The minimum Gasteiger partial charge on any atom is -0.350 e. The molecule has 3 nitrogen and oxygen atoms in total. The predicted molar refractivity (Wildman–Crippen MR) is 38.4 cm³/mol. The predicted octanol–water partition coefficient (Wildman–Crippen LogP) is 0.556. The first-order valence-corrected chi connectivity index (χ1v) is 5.01. The Balaban J connectivity index is 2.73. The maximum atomic E-state index is 11.1. The Hall–Kier alpha value is -0.0900. The number of sulfone groups is 1. The van der Waals surface area contributed by atoms with Crippen LogP contribution in [0.2, 0.25) is 0 Å². The second-order valence-corrected chi connectivity index (χ2v) is 5.34. The van der Waals surface area contributed by atoms with Crippen LogP contribution in [0.5, 0.6) is 0 Å². The normalized spacial score (nSPS) is 30.1. The van der Waals surface area contributed by atoms with Crippen LogP contribution in [0, 0.1) is 0 Å². The van der Waals surface area contributed by atoms with Gasteiger partial charge in [0.2, 0.25) is 0 Å². The maximum absolute atomic E-state index is 11.1. The van der Waals surface area contributed by atoms with Crippen LogP contribution < -0.4 is 0 Å². The van der Waals surface area contributed by atoms with Crippen molar-refractivity contribution in [2.45, 2.75) is 31.8 Å². The van der Waals surface area contributed by atoms with E-state index in [0.717, 1.165) is 0 Å². The lowest BCUT2D eigenvalue weighted by Gasteiger charge is -1.95. The molecule has 0 aromatic heterocycles. The number of ether oxygens (including phenoxy) is 1. The molecular weight excluding hydrogens is 152 g/mol. The van der Waals surface area contributed by atoms with E-state index in [-0.39, 0.29) is 5.75 Å². The molecule has 0 aromatic rings. The van der Waals surface area contributed by atoms with E-state index in [0.29, 0.717) is 0 Å². The van der Waals surface area contributed by atoms with E-state index in [9.17, 15) is 8.42 Å². The summed E-state index contributed by atoms with van der Waals surface area (Å²) in [5, 5.41) is 0. The van der Waals surface area contributed by atoms with Gasteiger partial charge in [-0.15, -0.1) is 0 Å². The fourth-order valence-electron chi connectivity index (χ4n) is 0.899. The lowest BCUT2D eigenvalue weighted by molar-refractivity contribution is 0.337. The average Bonchev–Trinajstić information content (AvgIpc) is 2.41. The average molecular weight is 164 g/mol. The fourth-order valence-corrected chi connectivity index (χ4v) is 2.46. The highest BCUT2D eigenvalue weighted by molar-refractivity contribution is 7.92. The number of epoxide rings is 1. The van der Waals surface area contributed by atoms with E-state index >= 15 is 0 Å². The summed E-state index contributed by atoms with van der Waals surface area (Å²) < 4.78 is 27.1. The third kappa shape index (κ3) is 1.18. The van der Waals surface area contributed by atoms with Crippen LogP contribution >= 0.6 is 0 Å². The van der Waals surface area contributed by atoms with Gasteiger partial charge in [-0.2, -0.15) is 0 Å². The third-order valence-corrected chi connectivity index (χ3v) is 3.77. The van der Waals surface area contributed by atoms with E-state index in [1.165, 1.54) is 0 Å². The molecule has 1 heterocycles. The zero-order chi connectivity index (χ0) is 7.99. The van der Waals surface area contributed by atoms with Gasteiger partial charge in [-0.25, -0.2) is 8.42 Å². The van der Waals surface area contributed by atoms with Crippen molar-refractivity contribution in [3.05, 3.63) is 0 Å². The molecule has 1 aliphatic heterocycles. The van der Waals surface area contributed by atoms with Crippen molar-refractivity contribution in [1.29, 1.82) is 0 Å². The van der Waals surface area contributed by atoms with E-state index in [4.69, 9.17) is 4.74 Å². The first kappa shape index (κ1) is 8.01. The van der Waals surface area contributed by atoms with Crippen molar-refractivity contribution in [3.63, 3.8) is 0 Å². The molecule has 60 valence electrons. The Morgan fingerprint density at radius 3 is 2.00 bits per heavy atom. The Bertz CT molecular complexity index is 227. The SMILES string of the molecule is CCS(=O)(=O)C1OC1(C)C. The smallest absolute Gasteiger partial charge is 0.187 e. The Kier molecular flexibility index (Phi) is 1.56. The molecule has 1 saturated heterocycles. The van der Waals surface area contributed by atoms with E-state index in [2.05, 4.69) is 0 Å². The molecule has 10 heavy (non-hydrogen) atoms. The molecule has 0 saturated carbocycles. The molecule has 0 amide bonds. The molecule has 1 unspecified atom stereocenters. The molecule has 0 bridgehead atoms. The van der Waals surface area contributed by atoms with Crippen molar-refractivity contribution in [2.75, 3.05) is 5.75 Å². The second-order valence-electron chi connectivity index (χ2n) is 3.00. The summed E-state index contributed by atoms with van der Waals surface area (Å²) in [5.74, 6) is 0.168. The Labute approximate surface area is 61.3 Å². The zero-order valence-electron chi connectivity index (χ0n) is 6.42. The van der Waals surface area contributed by atoms with Crippen LogP contribution in [0.4, 0.5) is 0 Å². The Morgan fingerprint density at radius 2 is 1.90 bits per heavy atom. The van der Waals surface area contributed by atoms with Crippen LogP contribution in [0.25, 0.3) is 0 Å². The maximum Gasteiger partial charge on any atom is 0.187 e. The van der Waals surface area contributed by atoms with Gasteiger partial charge in [0.05, 0.1) is 5.75 Å². The van der Waals surface area contributed by atoms with Crippen molar-refractivity contribution in [2.24, 2.45) is 0 Å². The lowest BCUT2D eigenvalue weighted by atomic mass is 10.3. The topological polar surface area (TPSA) is 46.7 Å². The highest BCUT2D eigenvalue weighted by Gasteiger charge is 2.55. The molecule has 4 heteroatoms. The van der Waals surface area contributed by atoms with Gasteiger partial charge < -0.3 is 4.74 Å². The zero-order valence-corrected chi connectivity index (χ0v) is 7.23. The standard InChI is InChI=1S/C6H12O3S/c1-4-10(7,8)5-6(2,3)9-5/h5H,4H2,1-3H3. The third-order valence-electron chi connectivity index (χ3n) is 1.65. The minimum atomic E-state index is -2.95. The van der Waals surface area contributed by atoms with Crippen molar-refractivity contribution in [1.82, 2.24) is 0 Å². The first-order chi connectivity index (χ1) is 4.40. The molecule has 1 aliphatic rings. The van der Waals surface area contributed by atoms with Crippen LogP contribution in [0.3, 0.4) is 0 Å². The monoisotopic (exact) mass is 164 g/mol. The second kappa shape index (κ2) is 1.95. The molecule has 1 fully saturated rings. The summed E-state index contributed by atoms with van der Waals surface area (Å²) in [6.07, 6.45) is 0. The molecule has 1 rings (SSSR count). The highest BCUT2D eigenvalue weighted by atomic mass is 32.2. The van der Waals surface area contributed by atoms with Crippen LogP contribution in [-0.4, -0.2) is 25.2 Å². The lowest BCUT2D eigenvalue weighted by Crippen LogP contribution is -2.16. The van der Waals surface area contributed by atoms with Crippen molar-refractivity contribution in [3.8, 4) is 0 Å². The molecule has 0 aliphatic carbocycles. The van der Waals surface area contributed by atoms with Gasteiger partial charge in [0, 0.05) is 0 Å². The van der Waals surface area contributed by atoms with Crippen LogP contribution in [0.15, 0.2) is 0 Å². The minimum absolute atomic E-state index is 0.168. The molecule has 0 spiro atoms. The van der Waals surface area contributed by atoms with Gasteiger partial charge in [0.15, 0.2) is 15.3 Å². The molecule has 1 atom stereocenters. The van der Waals surface area contributed by atoms with Gasteiger partial charge in [-0.05, 0) is 13.8 Å². The molecular formula is C6H12O3S. The van der Waals surface area contributed by atoms with E-state index in [1.807, 2.05) is 0 Å².